The van der Waals surface area contributed by atoms with Gasteiger partial charge in [-0.05, 0) is 36.8 Å². The van der Waals surface area contributed by atoms with Gasteiger partial charge in [0, 0.05) is 11.1 Å². The van der Waals surface area contributed by atoms with Gasteiger partial charge in [-0.2, -0.15) is 5.10 Å². The molecule has 0 spiro atoms. The van der Waals surface area contributed by atoms with Gasteiger partial charge in [-0.25, -0.2) is 0 Å². The fourth-order valence-corrected chi connectivity index (χ4v) is 3.00. The molecule has 1 saturated heterocycles. The van der Waals surface area contributed by atoms with Crippen LogP contribution in [0.4, 0.5) is 0 Å². The largest absolute Gasteiger partial charge is 0.329 e. The lowest BCUT2D eigenvalue weighted by molar-refractivity contribution is -0.125. The molecule has 1 atom stereocenters. The maximum atomic E-state index is 12.3. The van der Waals surface area contributed by atoms with Crippen LogP contribution in [0.1, 0.15) is 50.9 Å². The number of hydrogen-bond acceptors (Lipinski definition) is 2. The highest BCUT2D eigenvalue weighted by molar-refractivity contribution is 5.88. The van der Waals surface area contributed by atoms with Crippen LogP contribution in [-0.4, -0.2) is 15.7 Å². The summed E-state index contributed by atoms with van der Waals surface area (Å²) in [5.41, 5.74) is 4.12. The average Bonchev–Trinajstić information content (AvgIpc) is 2.75. The fraction of sp³-hybridized carbons (Fsp3) is 0.444. The van der Waals surface area contributed by atoms with Gasteiger partial charge in [0.15, 0.2) is 0 Å². The van der Waals surface area contributed by atoms with Crippen LogP contribution in [0, 0.1) is 6.92 Å². The monoisotopic (exact) mass is 297 g/mol. The fourth-order valence-electron chi connectivity index (χ4n) is 3.00. The summed E-state index contributed by atoms with van der Waals surface area (Å²) in [6, 6.07) is 6.20. The number of carbonyl (C=O) groups is 1. The highest BCUT2D eigenvalue weighted by Gasteiger charge is 2.28. The zero-order valence-electron chi connectivity index (χ0n) is 13.7. The van der Waals surface area contributed by atoms with Crippen molar-refractivity contribution in [3.8, 4) is 0 Å². The molecule has 116 valence electrons. The van der Waals surface area contributed by atoms with Gasteiger partial charge in [0.05, 0.1) is 11.2 Å². The van der Waals surface area contributed by atoms with Crippen molar-refractivity contribution in [1.82, 2.24) is 15.1 Å². The molecule has 1 unspecified atom stereocenters. The van der Waals surface area contributed by atoms with Crippen LogP contribution in [0.2, 0.25) is 0 Å². The van der Waals surface area contributed by atoms with Crippen LogP contribution in [0.25, 0.3) is 10.9 Å². The lowest BCUT2D eigenvalue weighted by Crippen LogP contribution is -2.36. The molecule has 1 aromatic carbocycles. The Kier molecular flexibility index (Phi) is 3.35. The van der Waals surface area contributed by atoms with Crippen LogP contribution in [-0.2, 0) is 10.2 Å². The van der Waals surface area contributed by atoms with Crippen molar-refractivity contribution < 1.29 is 4.79 Å². The zero-order valence-corrected chi connectivity index (χ0v) is 13.7. The molecule has 2 aromatic rings. The van der Waals surface area contributed by atoms with Crippen molar-refractivity contribution in [2.24, 2.45) is 0 Å². The number of nitrogens with zero attached hydrogens (tertiary/aromatic N) is 2. The highest BCUT2D eigenvalue weighted by atomic mass is 16.2. The topological polar surface area (TPSA) is 46.9 Å². The number of amides is 1. The summed E-state index contributed by atoms with van der Waals surface area (Å²) < 4.78 is 1.89. The van der Waals surface area contributed by atoms with Gasteiger partial charge in [0.2, 0.25) is 5.91 Å². The Hall–Kier alpha value is -2.10. The number of nitrogens with one attached hydrogen (secondary N) is 1. The lowest BCUT2D eigenvalue weighted by atomic mass is 9.86. The predicted octanol–water partition coefficient (Wildman–Crippen LogP) is 3.61. The third kappa shape index (κ3) is 2.43. The van der Waals surface area contributed by atoms with Crippen LogP contribution < -0.4 is 5.32 Å². The second kappa shape index (κ2) is 4.97. The first-order valence-electron chi connectivity index (χ1n) is 7.75. The smallest absolute Gasteiger partial charge is 0.249 e. The van der Waals surface area contributed by atoms with E-state index in [-0.39, 0.29) is 17.4 Å². The molecule has 2 heterocycles. The summed E-state index contributed by atoms with van der Waals surface area (Å²) in [7, 11) is 0. The lowest BCUT2D eigenvalue weighted by Gasteiger charge is -2.25. The molecule has 1 aromatic heterocycles. The van der Waals surface area contributed by atoms with Gasteiger partial charge in [-0.1, -0.05) is 39.5 Å². The van der Waals surface area contributed by atoms with Crippen LogP contribution in [0.3, 0.4) is 0 Å². The van der Waals surface area contributed by atoms with E-state index in [2.05, 4.69) is 56.0 Å². The van der Waals surface area contributed by atoms with E-state index in [0.29, 0.717) is 0 Å². The Balaban J connectivity index is 2.13. The van der Waals surface area contributed by atoms with Crippen molar-refractivity contribution in [3.63, 3.8) is 0 Å². The summed E-state index contributed by atoms with van der Waals surface area (Å²) in [6.45, 7) is 12.4. The number of piperidine rings is 1. The van der Waals surface area contributed by atoms with Gasteiger partial charge in [-0.3, -0.25) is 9.48 Å². The Bertz CT molecular complexity index is 764. The number of carbonyl (C=O) groups excluding carboxylic acids is 1. The first kappa shape index (κ1) is 14.8. The van der Waals surface area contributed by atoms with E-state index < -0.39 is 0 Å². The molecular weight excluding hydrogens is 274 g/mol. The Labute approximate surface area is 131 Å². The second-order valence-electron chi connectivity index (χ2n) is 7.16. The van der Waals surface area contributed by atoms with Crippen molar-refractivity contribution in [1.29, 1.82) is 0 Å². The van der Waals surface area contributed by atoms with Crippen molar-refractivity contribution >= 4 is 16.8 Å². The van der Waals surface area contributed by atoms with Gasteiger partial charge in [0.25, 0.3) is 0 Å². The predicted molar refractivity (Wildman–Crippen MR) is 88.7 cm³/mol. The molecule has 1 N–H and O–H groups in total. The third-order valence-electron chi connectivity index (χ3n) is 4.38. The minimum Gasteiger partial charge on any atom is -0.329 e. The quantitative estimate of drug-likeness (QED) is 0.874. The summed E-state index contributed by atoms with van der Waals surface area (Å²) >= 11 is 0. The Morgan fingerprint density at radius 3 is 2.73 bits per heavy atom. The number of rotatable bonds is 1. The first-order valence-corrected chi connectivity index (χ1v) is 7.75. The normalized spacial score (nSPS) is 19.5. The van der Waals surface area contributed by atoms with Crippen LogP contribution in [0.15, 0.2) is 30.5 Å². The second-order valence-corrected chi connectivity index (χ2v) is 7.16. The van der Waals surface area contributed by atoms with Gasteiger partial charge in [0.1, 0.15) is 6.04 Å². The van der Waals surface area contributed by atoms with E-state index in [1.54, 1.807) is 0 Å². The molecule has 4 nitrogen and oxygen atoms in total. The van der Waals surface area contributed by atoms with Crippen LogP contribution >= 0.6 is 0 Å². The summed E-state index contributed by atoms with van der Waals surface area (Å²) in [5, 5.41) is 8.61. The molecule has 1 fully saturated rings. The van der Waals surface area contributed by atoms with E-state index in [9.17, 15) is 4.79 Å². The summed E-state index contributed by atoms with van der Waals surface area (Å²) in [4.78, 5) is 12.3. The maximum absolute atomic E-state index is 12.3. The maximum Gasteiger partial charge on any atom is 0.249 e. The molecule has 0 bridgehead atoms. The molecule has 0 saturated carbocycles. The molecule has 22 heavy (non-hydrogen) atoms. The molecule has 0 aliphatic carbocycles. The first-order chi connectivity index (χ1) is 10.3. The molecule has 1 amide bonds. The number of aromatic nitrogens is 2. The molecule has 1 aliphatic heterocycles. The van der Waals surface area contributed by atoms with E-state index in [0.717, 1.165) is 35.1 Å². The van der Waals surface area contributed by atoms with E-state index in [1.807, 2.05) is 11.6 Å². The van der Waals surface area contributed by atoms with E-state index in [4.69, 9.17) is 0 Å². The number of fused-ring (bicyclic) bond motifs is 1. The molecule has 3 rings (SSSR count). The van der Waals surface area contributed by atoms with Crippen molar-refractivity contribution in [2.75, 3.05) is 0 Å². The van der Waals surface area contributed by atoms with E-state index in [1.165, 1.54) is 5.56 Å². The van der Waals surface area contributed by atoms with Gasteiger partial charge < -0.3 is 5.32 Å². The van der Waals surface area contributed by atoms with Gasteiger partial charge in [-0.15, -0.1) is 0 Å². The van der Waals surface area contributed by atoms with Crippen molar-refractivity contribution in [3.05, 3.63) is 41.7 Å². The van der Waals surface area contributed by atoms with Crippen molar-refractivity contribution in [2.45, 2.75) is 52.0 Å². The Morgan fingerprint density at radius 2 is 2.09 bits per heavy atom. The number of aryl methyl sites for hydroxylation is 1. The SMILES string of the molecule is C=C1CCC(n2nc(C)c3ccc(C(C)(C)C)cc32)C(=O)N1. The highest BCUT2D eigenvalue weighted by Crippen LogP contribution is 2.31. The molecule has 1 aliphatic rings. The summed E-state index contributed by atoms with van der Waals surface area (Å²) in [5.74, 6) is -0.0122. The number of allylic oxidation sites excluding steroid dienone is 1. The van der Waals surface area contributed by atoms with E-state index >= 15 is 0 Å². The van der Waals surface area contributed by atoms with Crippen LogP contribution in [0.5, 0.6) is 0 Å². The standard InChI is InChI=1S/C18H23N3O/c1-11-6-9-15(17(22)19-11)21-16-10-13(18(3,4)5)7-8-14(16)12(2)20-21/h7-8,10,15H,1,6,9H2,2-5H3,(H,19,22). The van der Waals surface area contributed by atoms with Gasteiger partial charge >= 0.3 is 0 Å². The number of hydrogen-bond donors (Lipinski definition) is 1. The molecule has 0 radical (unpaired) electrons. The average molecular weight is 297 g/mol. The minimum absolute atomic E-state index is 0.0122. The third-order valence-corrected chi connectivity index (χ3v) is 4.38. The Morgan fingerprint density at radius 1 is 1.36 bits per heavy atom. The molecule has 4 heteroatoms. The molecular formula is C18H23N3O. The number of benzene rings is 1. The zero-order chi connectivity index (χ0) is 16.1. The summed E-state index contributed by atoms with van der Waals surface area (Å²) in [6.07, 6.45) is 1.55. The minimum atomic E-state index is -0.253.